The van der Waals surface area contributed by atoms with Crippen LogP contribution in [0.15, 0.2) is 60.7 Å². The van der Waals surface area contributed by atoms with Gasteiger partial charge in [0.2, 0.25) is 0 Å². The SMILES string of the molecule is CCCO[Si](Cc1ccccc1)(Cc1ccccc1)OCCC. The minimum absolute atomic E-state index is 0.773. The highest BCUT2D eigenvalue weighted by Crippen LogP contribution is 2.21. The van der Waals surface area contributed by atoms with Gasteiger partial charge in [-0.2, -0.15) is 0 Å². The first-order chi connectivity index (χ1) is 11.3. The van der Waals surface area contributed by atoms with Crippen molar-refractivity contribution < 1.29 is 8.85 Å². The molecule has 0 saturated heterocycles. The summed E-state index contributed by atoms with van der Waals surface area (Å²) in [4.78, 5) is 0. The zero-order chi connectivity index (χ0) is 16.4. The van der Waals surface area contributed by atoms with E-state index in [9.17, 15) is 0 Å². The highest BCUT2D eigenvalue weighted by Gasteiger charge is 2.38. The van der Waals surface area contributed by atoms with E-state index in [4.69, 9.17) is 8.85 Å². The van der Waals surface area contributed by atoms with Crippen molar-refractivity contribution in [2.45, 2.75) is 38.8 Å². The Morgan fingerprint density at radius 1 is 0.652 bits per heavy atom. The molecule has 0 aromatic heterocycles. The normalized spacial score (nSPS) is 11.6. The van der Waals surface area contributed by atoms with E-state index in [2.05, 4.69) is 74.5 Å². The Balaban J connectivity index is 2.24. The van der Waals surface area contributed by atoms with Crippen LogP contribution in [0.4, 0.5) is 0 Å². The molecule has 0 bridgehead atoms. The van der Waals surface area contributed by atoms with E-state index >= 15 is 0 Å². The summed E-state index contributed by atoms with van der Waals surface area (Å²) in [6.07, 6.45) is 2.04. The van der Waals surface area contributed by atoms with Crippen LogP contribution in [0, 0.1) is 0 Å². The second-order valence-corrected chi connectivity index (χ2v) is 9.04. The molecule has 0 aliphatic rings. The maximum atomic E-state index is 6.41. The van der Waals surface area contributed by atoms with Crippen molar-refractivity contribution >= 4 is 8.56 Å². The van der Waals surface area contributed by atoms with Gasteiger partial charge in [0.05, 0.1) is 0 Å². The van der Waals surface area contributed by atoms with Crippen molar-refractivity contribution in [3.05, 3.63) is 71.8 Å². The lowest BCUT2D eigenvalue weighted by Crippen LogP contribution is -2.48. The van der Waals surface area contributed by atoms with E-state index in [1.165, 1.54) is 11.1 Å². The van der Waals surface area contributed by atoms with E-state index in [1.54, 1.807) is 0 Å². The first-order valence-electron chi connectivity index (χ1n) is 8.64. The van der Waals surface area contributed by atoms with Crippen molar-refractivity contribution in [1.82, 2.24) is 0 Å². The topological polar surface area (TPSA) is 18.5 Å². The summed E-state index contributed by atoms with van der Waals surface area (Å²) >= 11 is 0. The lowest BCUT2D eigenvalue weighted by atomic mass is 10.2. The Morgan fingerprint density at radius 3 is 1.39 bits per heavy atom. The van der Waals surface area contributed by atoms with E-state index in [1.807, 2.05) is 0 Å². The smallest absolute Gasteiger partial charge is 0.347 e. The van der Waals surface area contributed by atoms with Crippen LogP contribution in [-0.2, 0) is 20.9 Å². The van der Waals surface area contributed by atoms with E-state index < -0.39 is 8.56 Å². The van der Waals surface area contributed by atoms with Gasteiger partial charge >= 0.3 is 8.56 Å². The molecule has 0 aliphatic carbocycles. The standard InChI is InChI=1S/C20H28O2Si/c1-3-15-21-23(22-16-4-2,17-19-11-7-5-8-12-19)18-20-13-9-6-10-14-20/h5-14H,3-4,15-18H2,1-2H3. The molecule has 23 heavy (non-hydrogen) atoms. The van der Waals surface area contributed by atoms with Gasteiger partial charge in [0.15, 0.2) is 0 Å². The first-order valence-corrected chi connectivity index (χ1v) is 10.9. The zero-order valence-corrected chi connectivity index (χ0v) is 15.3. The summed E-state index contributed by atoms with van der Waals surface area (Å²) < 4.78 is 12.8. The van der Waals surface area contributed by atoms with Gasteiger partial charge in [0, 0.05) is 25.3 Å². The van der Waals surface area contributed by atoms with Crippen LogP contribution in [-0.4, -0.2) is 21.8 Å². The molecular formula is C20H28O2Si. The Kier molecular flexibility index (Phi) is 7.53. The van der Waals surface area contributed by atoms with Gasteiger partial charge in [-0.3, -0.25) is 0 Å². The first kappa shape index (κ1) is 17.9. The summed E-state index contributed by atoms with van der Waals surface area (Å²) in [5.74, 6) is 0. The average Bonchev–Trinajstić information content (AvgIpc) is 2.60. The van der Waals surface area contributed by atoms with Crippen molar-refractivity contribution in [3.63, 3.8) is 0 Å². The average molecular weight is 329 g/mol. The fourth-order valence-electron chi connectivity index (χ4n) is 2.70. The lowest BCUT2D eigenvalue weighted by molar-refractivity contribution is 0.165. The second kappa shape index (κ2) is 9.66. The van der Waals surface area contributed by atoms with Gasteiger partial charge in [-0.1, -0.05) is 74.5 Å². The summed E-state index contributed by atoms with van der Waals surface area (Å²) in [6.45, 7) is 5.86. The fourth-order valence-corrected chi connectivity index (χ4v) is 6.18. The molecule has 0 unspecified atom stereocenters. The number of hydrogen-bond acceptors (Lipinski definition) is 2. The maximum absolute atomic E-state index is 6.41. The molecular weight excluding hydrogens is 300 g/mol. The van der Waals surface area contributed by atoms with Crippen LogP contribution in [0.25, 0.3) is 0 Å². The third-order valence-electron chi connectivity index (χ3n) is 3.77. The lowest BCUT2D eigenvalue weighted by Gasteiger charge is -2.31. The molecule has 2 aromatic rings. The molecule has 0 N–H and O–H groups in total. The Hall–Kier alpha value is -1.42. The molecule has 124 valence electrons. The molecule has 0 amide bonds. The van der Waals surface area contributed by atoms with Gasteiger partial charge in [-0.15, -0.1) is 0 Å². The molecule has 0 saturated carbocycles. The molecule has 0 radical (unpaired) electrons. The van der Waals surface area contributed by atoms with Crippen LogP contribution in [0.1, 0.15) is 37.8 Å². The minimum Gasteiger partial charge on any atom is -0.394 e. The van der Waals surface area contributed by atoms with Crippen molar-refractivity contribution in [3.8, 4) is 0 Å². The molecule has 2 rings (SSSR count). The minimum atomic E-state index is -2.32. The monoisotopic (exact) mass is 328 g/mol. The van der Waals surface area contributed by atoms with Crippen LogP contribution in [0.3, 0.4) is 0 Å². The van der Waals surface area contributed by atoms with Crippen molar-refractivity contribution in [2.75, 3.05) is 13.2 Å². The third-order valence-corrected chi connectivity index (χ3v) is 7.13. The van der Waals surface area contributed by atoms with Gasteiger partial charge < -0.3 is 8.85 Å². The molecule has 0 spiro atoms. The highest BCUT2D eigenvalue weighted by atomic mass is 28.4. The Bertz CT molecular complexity index is 491. The predicted octanol–water partition coefficient (Wildman–Crippen LogP) is 4.85. The summed E-state index contributed by atoms with van der Waals surface area (Å²) in [7, 11) is -2.32. The second-order valence-electron chi connectivity index (χ2n) is 5.93. The summed E-state index contributed by atoms with van der Waals surface area (Å²) in [5.41, 5.74) is 2.62. The molecule has 0 fully saturated rings. The molecule has 2 aromatic carbocycles. The van der Waals surface area contributed by atoms with Gasteiger partial charge in [-0.05, 0) is 24.0 Å². The number of benzene rings is 2. The third kappa shape index (κ3) is 5.94. The maximum Gasteiger partial charge on any atom is 0.347 e. The molecule has 0 heterocycles. The summed E-state index contributed by atoms with van der Waals surface area (Å²) in [5, 5.41) is 0. The largest absolute Gasteiger partial charge is 0.394 e. The molecule has 2 nitrogen and oxygen atoms in total. The van der Waals surface area contributed by atoms with Crippen LogP contribution >= 0.6 is 0 Å². The predicted molar refractivity (Wildman–Crippen MR) is 98.5 cm³/mol. The zero-order valence-electron chi connectivity index (χ0n) is 14.3. The van der Waals surface area contributed by atoms with Crippen molar-refractivity contribution in [1.29, 1.82) is 0 Å². The Labute approximate surface area is 141 Å². The van der Waals surface area contributed by atoms with Gasteiger partial charge in [0.1, 0.15) is 0 Å². The fraction of sp³-hybridized carbons (Fsp3) is 0.400. The quantitative estimate of drug-likeness (QED) is 0.581. The molecule has 3 heteroatoms. The van der Waals surface area contributed by atoms with Gasteiger partial charge in [0.25, 0.3) is 0 Å². The highest BCUT2D eigenvalue weighted by molar-refractivity contribution is 6.66. The number of rotatable bonds is 10. The van der Waals surface area contributed by atoms with E-state index in [0.717, 1.165) is 38.1 Å². The van der Waals surface area contributed by atoms with E-state index in [0.29, 0.717) is 0 Å². The van der Waals surface area contributed by atoms with Gasteiger partial charge in [-0.25, -0.2) is 0 Å². The van der Waals surface area contributed by atoms with Crippen LogP contribution in [0.5, 0.6) is 0 Å². The van der Waals surface area contributed by atoms with Crippen molar-refractivity contribution in [2.24, 2.45) is 0 Å². The summed E-state index contributed by atoms with van der Waals surface area (Å²) in [6, 6.07) is 23.0. The molecule has 0 atom stereocenters. The Morgan fingerprint density at radius 2 is 1.04 bits per heavy atom. The van der Waals surface area contributed by atoms with Crippen LogP contribution in [0.2, 0.25) is 0 Å². The number of hydrogen-bond donors (Lipinski definition) is 0. The molecule has 0 aliphatic heterocycles. The van der Waals surface area contributed by atoms with Crippen LogP contribution < -0.4 is 0 Å². The van der Waals surface area contributed by atoms with E-state index in [-0.39, 0.29) is 0 Å².